The highest BCUT2D eigenvalue weighted by molar-refractivity contribution is 5.43. The average Bonchev–Trinajstić information content (AvgIpc) is 2.77. The Hall–Kier alpha value is -2.78. The SMILES string of the molecule is CCOc1cc(CN[C@H](C)CCc2ccccc2)ccc1OCc1ccccc1C. The molecule has 0 saturated heterocycles. The quantitative estimate of drug-likeness (QED) is 0.421. The molecular formula is C27H33NO2. The van der Waals surface area contributed by atoms with Crippen LogP contribution in [0, 0.1) is 6.92 Å². The van der Waals surface area contributed by atoms with Crippen LogP contribution in [0.2, 0.25) is 0 Å². The van der Waals surface area contributed by atoms with E-state index >= 15 is 0 Å². The number of nitrogens with one attached hydrogen (secondary N) is 1. The first-order valence-corrected chi connectivity index (χ1v) is 10.9. The van der Waals surface area contributed by atoms with Crippen molar-refractivity contribution in [2.75, 3.05) is 6.61 Å². The summed E-state index contributed by atoms with van der Waals surface area (Å²) < 4.78 is 11.9. The molecule has 3 aromatic carbocycles. The fraction of sp³-hybridized carbons (Fsp3) is 0.333. The number of ether oxygens (including phenoxy) is 2. The largest absolute Gasteiger partial charge is 0.490 e. The van der Waals surface area contributed by atoms with Crippen molar-refractivity contribution in [3.05, 3.63) is 95.1 Å². The summed E-state index contributed by atoms with van der Waals surface area (Å²) in [5, 5.41) is 3.63. The summed E-state index contributed by atoms with van der Waals surface area (Å²) in [7, 11) is 0. The van der Waals surface area contributed by atoms with Gasteiger partial charge < -0.3 is 14.8 Å². The topological polar surface area (TPSA) is 30.5 Å². The van der Waals surface area contributed by atoms with Gasteiger partial charge in [-0.25, -0.2) is 0 Å². The van der Waals surface area contributed by atoms with Crippen LogP contribution in [0.4, 0.5) is 0 Å². The van der Waals surface area contributed by atoms with Crippen LogP contribution in [0.25, 0.3) is 0 Å². The van der Waals surface area contributed by atoms with E-state index in [4.69, 9.17) is 9.47 Å². The number of hydrogen-bond acceptors (Lipinski definition) is 3. The molecule has 0 aliphatic heterocycles. The van der Waals surface area contributed by atoms with Gasteiger partial charge in [0.25, 0.3) is 0 Å². The van der Waals surface area contributed by atoms with Crippen LogP contribution in [0.3, 0.4) is 0 Å². The lowest BCUT2D eigenvalue weighted by Crippen LogP contribution is -2.26. The maximum Gasteiger partial charge on any atom is 0.161 e. The molecule has 1 N–H and O–H groups in total. The van der Waals surface area contributed by atoms with Gasteiger partial charge in [0, 0.05) is 12.6 Å². The number of rotatable bonds is 11. The lowest BCUT2D eigenvalue weighted by molar-refractivity contribution is 0.268. The fourth-order valence-corrected chi connectivity index (χ4v) is 3.40. The van der Waals surface area contributed by atoms with Gasteiger partial charge in [0.15, 0.2) is 11.5 Å². The molecule has 3 heteroatoms. The Bertz CT molecular complexity index is 908. The Morgan fingerprint density at radius 1 is 0.833 bits per heavy atom. The van der Waals surface area contributed by atoms with Crippen LogP contribution in [-0.2, 0) is 19.6 Å². The van der Waals surface area contributed by atoms with E-state index in [2.05, 4.69) is 73.8 Å². The van der Waals surface area contributed by atoms with E-state index in [1.807, 2.05) is 25.1 Å². The van der Waals surface area contributed by atoms with Crippen LogP contribution in [-0.4, -0.2) is 12.6 Å². The van der Waals surface area contributed by atoms with E-state index in [0.29, 0.717) is 19.3 Å². The van der Waals surface area contributed by atoms with Crippen LogP contribution < -0.4 is 14.8 Å². The van der Waals surface area contributed by atoms with Crippen LogP contribution >= 0.6 is 0 Å². The summed E-state index contributed by atoms with van der Waals surface area (Å²) in [6.07, 6.45) is 2.20. The van der Waals surface area contributed by atoms with E-state index in [-0.39, 0.29) is 0 Å². The molecule has 0 radical (unpaired) electrons. The summed E-state index contributed by atoms with van der Waals surface area (Å²) in [6.45, 7) is 8.32. The van der Waals surface area contributed by atoms with E-state index in [9.17, 15) is 0 Å². The summed E-state index contributed by atoms with van der Waals surface area (Å²) in [5.41, 5.74) is 5.02. The first-order chi connectivity index (χ1) is 14.7. The Morgan fingerprint density at radius 2 is 1.60 bits per heavy atom. The van der Waals surface area contributed by atoms with Gasteiger partial charge in [-0.15, -0.1) is 0 Å². The molecule has 30 heavy (non-hydrogen) atoms. The molecule has 0 fully saturated rings. The third kappa shape index (κ3) is 6.64. The minimum Gasteiger partial charge on any atom is -0.490 e. The molecule has 0 unspecified atom stereocenters. The van der Waals surface area contributed by atoms with Crippen molar-refractivity contribution >= 4 is 0 Å². The first kappa shape index (κ1) is 21.9. The van der Waals surface area contributed by atoms with Crippen molar-refractivity contribution in [3.8, 4) is 11.5 Å². The van der Waals surface area contributed by atoms with Crippen molar-refractivity contribution in [2.24, 2.45) is 0 Å². The molecule has 0 heterocycles. The Morgan fingerprint density at radius 3 is 2.37 bits per heavy atom. The van der Waals surface area contributed by atoms with Crippen LogP contribution in [0.5, 0.6) is 11.5 Å². The lowest BCUT2D eigenvalue weighted by Gasteiger charge is -2.16. The number of benzene rings is 3. The van der Waals surface area contributed by atoms with Crippen molar-refractivity contribution in [1.82, 2.24) is 5.32 Å². The van der Waals surface area contributed by atoms with Gasteiger partial charge in [-0.2, -0.15) is 0 Å². The fourth-order valence-electron chi connectivity index (χ4n) is 3.40. The van der Waals surface area contributed by atoms with Crippen molar-refractivity contribution < 1.29 is 9.47 Å². The standard InChI is InChI=1S/C27H33NO2/c1-4-29-27-18-24(19-28-22(3)14-15-23-11-6-5-7-12-23)16-17-26(27)30-20-25-13-9-8-10-21(25)2/h5-13,16-18,22,28H,4,14-15,19-20H2,1-3H3/t22-/m1/s1. The van der Waals surface area contributed by atoms with Gasteiger partial charge in [0.05, 0.1) is 6.61 Å². The second kappa shape index (κ2) is 11.4. The smallest absolute Gasteiger partial charge is 0.161 e. The Balaban J connectivity index is 1.55. The van der Waals surface area contributed by atoms with E-state index in [0.717, 1.165) is 30.9 Å². The molecule has 1 atom stereocenters. The third-order valence-corrected chi connectivity index (χ3v) is 5.32. The van der Waals surface area contributed by atoms with E-state index < -0.39 is 0 Å². The highest BCUT2D eigenvalue weighted by atomic mass is 16.5. The van der Waals surface area contributed by atoms with Gasteiger partial charge in [-0.05, 0) is 68.0 Å². The molecule has 0 aliphatic carbocycles. The molecule has 3 aromatic rings. The van der Waals surface area contributed by atoms with E-state index in [1.54, 1.807) is 0 Å². The molecule has 0 spiro atoms. The molecule has 0 aliphatic rings. The highest BCUT2D eigenvalue weighted by Gasteiger charge is 2.09. The third-order valence-electron chi connectivity index (χ3n) is 5.32. The maximum absolute atomic E-state index is 6.08. The van der Waals surface area contributed by atoms with Gasteiger partial charge in [0.1, 0.15) is 6.61 Å². The molecule has 3 rings (SSSR count). The highest BCUT2D eigenvalue weighted by Crippen LogP contribution is 2.29. The molecule has 0 amide bonds. The molecular weight excluding hydrogens is 370 g/mol. The van der Waals surface area contributed by atoms with Gasteiger partial charge >= 0.3 is 0 Å². The van der Waals surface area contributed by atoms with Crippen LogP contribution in [0.1, 0.15) is 42.5 Å². The monoisotopic (exact) mass is 403 g/mol. The van der Waals surface area contributed by atoms with Gasteiger partial charge in [-0.1, -0.05) is 60.7 Å². The Kier molecular flexibility index (Phi) is 8.34. The van der Waals surface area contributed by atoms with Gasteiger partial charge in [-0.3, -0.25) is 0 Å². The molecule has 0 saturated carbocycles. The van der Waals surface area contributed by atoms with E-state index in [1.165, 1.54) is 22.3 Å². The average molecular weight is 404 g/mol. The zero-order valence-corrected chi connectivity index (χ0v) is 18.4. The molecule has 0 aromatic heterocycles. The minimum atomic E-state index is 0.442. The number of hydrogen-bond donors (Lipinski definition) is 1. The summed E-state index contributed by atoms with van der Waals surface area (Å²) in [4.78, 5) is 0. The van der Waals surface area contributed by atoms with Gasteiger partial charge in [0.2, 0.25) is 0 Å². The molecule has 0 bridgehead atoms. The van der Waals surface area contributed by atoms with Crippen molar-refractivity contribution in [3.63, 3.8) is 0 Å². The minimum absolute atomic E-state index is 0.442. The second-order valence-electron chi connectivity index (χ2n) is 7.74. The lowest BCUT2D eigenvalue weighted by atomic mass is 10.1. The summed E-state index contributed by atoms with van der Waals surface area (Å²) in [5.74, 6) is 1.60. The maximum atomic E-state index is 6.08. The van der Waals surface area contributed by atoms with Crippen molar-refractivity contribution in [1.29, 1.82) is 0 Å². The summed E-state index contributed by atoms with van der Waals surface area (Å²) in [6, 6.07) is 25.6. The molecule has 158 valence electrons. The van der Waals surface area contributed by atoms with Crippen LogP contribution in [0.15, 0.2) is 72.8 Å². The predicted octanol–water partition coefficient (Wildman–Crippen LogP) is 6.08. The zero-order chi connectivity index (χ0) is 21.2. The second-order valence-corrected chi connectivity index (χ2v) is 7.74. The summed E-state index contributed by atoms with van der Waals surface area (Å²) >= 11 is 0. The Labute approximate surface area is 181 Å². The normalized spacial score (nSPS) is 11.8. The molecule has 3 nitrogen and oxygen atoms in total. The van der Waals surface area contributed by atoms with Crippen molar-refractivity contribution in [2.45, 2.75) is 52.8 Å². The number of aryl methyl sites for hydroxylation is 2. The zero-order valence-electron chi connectivity index (χ0n) is 18.4. The first-order valence-electron chi connectivity index (χ1n) is 10.9. The predicted molar refractivity (Wildman–Crippen MR) is 124 cm³/mol.